The molecule has 1 atom stereocenters. The van der Waals surface area contributed by atoms with E-state index in [2.05, 4.69) is 10.1 Å². The SMILES string of the molecule is COCC(NC(=O)c1ccc([N+](=O)[O-])c(F)c1)C(=O)O. The molecule has 0 aliphatic heterocycles. The van der Waals surface area contributed by atoms with Crippen LogP contribution in [0.5, 0.6) is 0 Å². The van der Waals surface area contributed by atoms with Crippen LogP contribution >= 0.6 is 0 Å². The molecule has 1 aromatic rings. The number of hydrogen-bond acceptors (Lipinski definition) is 5. The Hall–Kier alpha value is -2.55. The zero-order valence-corrected chi connectivity index (χ0v) is 10.3. The van der Waals surface area contributed by atoms with Gasteiger partial charge in [0, 0.05) is 18.7 Å². The van der Waals surface area contributed by atoms with Crippen molar-refractivity contribution in [3.63, 3.8) is 0 Å². The molecule has 1 rings (SSSR count). The first kappa shape index (κ1) is 15.5. The molecule has 108 valence electrons. The van der Waals surface area contributed by atoms with Crippen molar-refractivity contribution in [1.82, 2.24) is 5.32 Å². The van der Waals surface area contributed by atoms with E-state index >= 15 is 0 Å². The minimum atomic E-state index is -1.32. The van der Waals surface area contributed by atoms with Gasteiger partial charge in [-0.05, 0) is 12.1 Å². The normalized spacial score (nSPS) is 11.7. The lowest BCUT2D eigenvalue weighted by Crippen LogP contribution is -2.43. The fourth-order valence-electron chi connectivity index (χ4n) is 1.38. The Morgan fingerprint density at radius 2 is 2.20 bits per heavy atom. The molecular weight excluding hydrogens is 275 g/mol. The highest BCUT2D eigenvalue weighted by Crippen LogP contribution is 2.17. The van der Waals surface area contributed by atoms with Gasteiger partial charge >= 0.3 is 11.7 Å². The van der Waals surface area contributed by atoms with Gasteiger partial charge in [0.25, 0.3) is 5.91 Å². The highest BCUT2D eigenvalue weighted by molar-refractivity contribution is 5.96. The Bertz CT molecular complexity index is 548. The number of amides is 1. The lowest BCUT2D eigenvalue weighted by Gasteiger charge is -2.13. The molecule has 1 aromatic carbocycles. The number of aliphatic carboxylic acids is 1. The Balaban J connectivity index is 2.90. The molecule has 0 bridgehead atoms. The zero-order chi connectivity index (χ0) is 15.3. The number of nitrogens with one attached hydrogen (secondary N) is 1. The molecule has 2 N–H and O–H groups in total. The number of halogens is 1. The van der Waals surface area contributed by atoms with Crippen molar-refractivity contribution in [2.24, 2.45) is 0 Å². The van der Waals surface area contributed by atoms with Crippen LogP contribution in [0.3, 0.4) is 0 Å². The van der Waals surface area contributed by atoms with Crippen LogP contribution in [-0.2, 0) is 9.53 Å². The van der Waals surface area contributed by atoms with Crippen LogP contribution in [0.25, 0.3) is 0 Å². The summed E-state index contributed by atoms with van der Waals surface area (Å²) in [5, 5.41) is 21.3. The number of carboxylic acid groups (broad SMARTS) is 1. The quantitative estimate of drug-likeness (QED) is 0.582. The van der Waals surface area contributed by atoms with Crippen LogP contribution in [0, 0.1) is 15.9 Å². The van der Waals surface area contributed by atoms with E-state index < -0.39 is 34.3 Å². The summed E-state index contributed by atoms with van der Waals surface area (Å²) in [7, 11) is 1.26. The molecule has 0 fully saturated rings. The van der Waals surface area contributed by atoms with Gasteiger partial charge in [-0.3, -0.25) is 14.9 Å². The number of benzene rings is 1. The fraction of sp³-hybridized carbons (Fsp3) is 0.273. The smallest absolute Gasteiger partial charge is 0.328 e. The lowest BCUT2D eigenvalue weighted by molar-refractivity contribution is -0.387. The molecule has 0 heterocycles. The third-order valence-corrected chi connectivity index (χ3v) is 2.34. The molecule has 1 amide bonds. The minimum absolute atomic E-state index is 0.226. The maximum absolute atomic E-state index is 13.3. The number of carbonyl (C=O) groups excluding carboxylic acids is 1. The number of hydrogen-bond donors (Lipinski definition) is 2. The second kappa shape index (κ2) is 6.57. The first-order valence-electron chi connectivity index (χ1n) is 5.33. The van der Waals surface area contributed by atoms with E-state index in [4.69, 9.17) is 5.11 Å². The molecule has 0 saturated heterocycles. The number of nitro benzene ring substituents is 1. The monoisotopic (exact) mass is 286 g/mol. The molecule has 0 aromatic heterocycles. The summed E-state index contributed by atoms with van der Waals surface area (Å²) < 4.78 is 18.0. The summed E-state index contributed by atoms with van der Waals surface area (Å²) in [4.78, 5) is 32.0. The van der Waals surface area contributed by atoms with Crippen LogP contribution in [0.1, 0.15) is 10.4 Å². The summed E-state index contributed by atoms with van der Waals surface area (Å²) in [6, 6.07) is 1.23. The van der Waals surface area contributed by atoms with E-state index in [-0.39, 0.29) is 12.2 Å². The average molecular weight is 286 g/mol. The average Bonchev–Trinajstić information content (AvgIpc) is 2.37. The Morgan fingerprint density at radius 1 is 1.55 bits per heavy atom. The number of nitro groups is 1. The van der Waals surface area contributed by atoms with Crippen LogP contribution in [0.2, 0.25) is 0 Å². The molecule has 0 radical (unpaired) electrons. The van der Waals surface area contributed by atoms with Crippen molar-refractivity contribution in [3.8, 4) is 0 Å². The number of carbonyl (C=O) groups is 2. The summed E-state index contributed by atoms with van der Waals surface area (Å²) in [5.41, 5.74) is -0.997. The molecule has 0 spiro atoms. The van der Waals surface area contributed by atoms with Gasteiger partial charge < -0.3 is 15.2 Å². The van der Waals surface area contributed by atoms with Crippen molar-refractivity contribution in [1.29, 1.82) is 0 Å². The fourth-order valence-corrected chi connectivity index (χ4v) is 1.38. The first-order valence-corrected chi connectivity index (χ1v) is 5.33. The Morgan fingerprint density at radius 3 is 2.65 bits per heavy atom. The maximum Gasteiger partial charge on any atom is 0.328 e. The molecule has 20 heavy (non-hydrogen) atoms. The van der Waals surface area contributed by atoms with E-state index in [1.54, 1.807) is 0 Å². The van der Waals surface area contributed by atoms with E-state index in [1.807, 2.05) is 0 Å². The molecule has 0 saturated carbocycles. The second-order valence-corrected chi connectivity index (χ2v) is 3.74. The molecule has 0 aliphatic carbocycles. The van der Waals surface area contributed by atoms with Gasteiger partial charge in [-0.1, -0.05) is 0 Å². The van der Waals surface area contributed by atoms with E-state index in [0.29, 0.717) is 6.07 Å². The Kier molecular flexibility index (Phi) is 5.09. The van der Waals surface area contributed by atoms with Crippen molar-refractivity contribution < 1.29 is 28.7 Å². The van der Waals surface area contributed by atoms with Crippen molar-refractivity contribution in [3.05, 3.63) is 39.7 Å². The summed E-state index contributed by atoms with van der Waals surface area (Å²) in [5.74, 6) is -3.37. The predicted octanol–water partition coefficient (Wildman–Crippen LogP) is 0.563. The predicted molar refractivity (Wildman–Crippen MR) is 63.8 cm³/mol. The molecular formula is C11H11FN2O6. The first-order chi connectivity index (χ1) is 9.36. The summed E-state index contributed by atoms with van der Waals surface area (Å²) in [6.45, 7) is -0.267. The third kappa shape index (κ3) is 3.72. The standard InChI is InChI=1S/C11H11FN2O6/c1-20-5-8(11(16)17)13-10(15)6-2-3-9(14(18)19)7(12)4-6/h2-4,8H,5H2,1H3,(H,13,15)(H,16,17). The van der Waals surface area contributed by atoms with Gasteiger partial charge in [-0.15, -0.1) is 0 Å². The summed E-state index contributed by atoms with van der Waals surface area (Å²) in [6.07, 6.45) is 0. The number of carboxylic acids is 1. The lowest BCUT2D eigenvalue weighted by atomic mass is 10.1. The highest BCUT2D eigenvalue weighted by Gasteiger charge is 2.22. The van der Waals surface area contributed by atoms with Gasteiger partial charge in [0.05, 0.1) is 11.5 Å². The van der Waals surface area contributed by atoms with Gasteiger partial charge in [-0.2, -0.15) is 4.39 Å². The molecule has 1 unspecified atom stereocenters. The number of nitrogens with zero attached hydrogens (tertiary/aromatic N) is 1. The Labute approximate surface area is 112 Å². The van der Waals surface area contributed by atoms with Gasteiger partial charge in [-0.25, -0.2) is 4.79 Å². The van der Waals surface area contributed by atoms with Crippen LogP contribution in [-0.4, -0.2) is 41.7 Å². The van der Waals surface area contributed by atoms with E-state index in [0.717, 1.165) is 12.1 Å². The minimum Gasteiger partial charge on any atom is -0.480 e. The second-order valence-electron chi connectivity index (χ2n) is 3.74. The number of rotatable bonds is 6. The number of ether oxygens (including phenoxy) is 1. The van der Waals surface area contributed by atoms with Crippen molar-refractivity contribution in [2.45, 2.75) is 6.04 Å². The topological polar surface area (TPSA) is 119 Å². The van der Waals surface area contributed by atoms with Crippen LogP contribution < -0.4 is 5.32 Å². The van der Waals surface area contributed by atoms with Gasteiger partial charge in [0.1, 0.15) is 0 Å². The van der Waals surface area contributed by atoms with Crippen LogP contribution in [0.4, 0.5) is 10.1 Å². The van der Waals surface area contributed by atoms with E-state index in [1.165, 1.54) is 7.11 Å². The van der Waals surface area contributed by atoms with Crippen molar-refractivity contribution in [2.75, 3.05) is 13.7 Å². The van der Waals surface area contributed by atoms with Crippen molar-refractivity contribution >= 4 is 17.6 Å². The molecule has 9 heteroatoms. The highest BCUT2D eigenvalue weighted by atomic mass is 19.1. The molecule has 8 nitrogen and oxygen atoms in total. The molecule has 0 aliphatic rings. The largest absolute Gasteiger partial charge is 0.480 e. The van der Waals surface area contributed by atoms with Gasteiger partial charge in [0.15, 0.2) is 6.04 Å². The van der Waals surface area contributed by atoms with E-state index in [9.17, 15) is 24.1 Å². The maximum atomic E-state index is 13.3. The summed E-state index contributed by atoms with van der Waals surface area (Å²) >= 11 is 0. The third-order valence-electron chi connectivity index (χ3n) is 2.34. The van der Waals surface area contributed by atoms with Gasteiger partial charge in [0.2, 0.25) is 5.82 Å². The zero-order valence-electron chi connectivity index (χ0n) is 10.3. The number of methoxy groups -OCH3 is 1. The van der Waals surface area contributed by atoms with Crippen LogP contribution in [0.15, 0.2) is 18.2 Å².